The fourth-order valence-corrected chi connectivity index (χ4v) is 1.75. The quantitative estimate of drug-likeness (QED) is 0.345. The first-order chi connectivity index (χ1) is 9.60. The van der Waals surface area contributed by atoms with Crippen LogP contribution in [-0.2, 0) is 6.54 Å². The lowest BCUT2D eigenvalue weighted by Crippen LogP contribution is -2.15. The third-order valence-electron chi connectivity index (χ3n) is 2.80. The van der Waals surface area contributed by atoms with Crippen molar-refractivity contribution in [1.82, 2.24) is 4.98 Å². The third kappa shape index (κ3) is 3.23. The van der Waals surface area contributed by atoms with Crippen LogP contribution in [0.5, 0.6) is 0 Å². The highest BCUT2D eigenvalue weighted by Gasteiger charge is 2.04. The molecule has 104 valence electrons. The Morgan fingerprint density at radius 2 is 2.20 bits per heavy atom. The molecule has 0 radical (unpaired) electrons. The summed E-state index contributed by atoms with van der Waals surface area (Å²) < 4.78 is 13.6. The lowest BCUT2D eigenvalue weighted by molar-refractivity contribution is 0.318. The fraction of sp³-hybridized carbons (Fsp3) is 0.143. The van der Waals surface area contributed by atoms with E-state index in [0.717, 1.165) is 11.1 Å². The summed E-state index contributed by atoms with van der Waals surface area (Å²) >= 11 is 0. The topological polar surface area (TPSA) is 83.5 Å². The highest BCUT2D eigenvalue weighted by Crippen LogP contribution is 2.16. The molecule has 4 N–H and O–H groups in total. The van der Waals surface area contributed by atoms with Crippen molar-refractivity contribution in [1.29, 1.82) is 0 Å². The highest BCUT2D eigenvalue weighted by molar-refractivity contribution is 5.95. The first kappa shape index (κ1) is 13.8. The molecule has 0 fully saturated rings. The number of aromatic nitrogens is 1. The molecule has 0 aliphatic heterocycles. The van der Waals surface area contributed by atoms with Crippen LogP contribution in [0.1, 0.15) is 16.8 Å². The molecule has 0 saturated carbocycles. The molecule has 1 aromatic heterocycles. The molecule has 0 spiro atoms. The molecule has 0 atom stereocenters. The zero-order valence-corrected chi connectivity index (χ0v) is 11.0. The smallest absolute Gasteiger partial charge is 0.188 e. The summed E-state index contributed by atoms with van der Waals surface area (Å²) in [6, 6.07) is 8.32. The van der Waals surface area contributed by atoms with Crippen molar-refractivity contribution in [3.63, 3.8) is 0 Å². The van der Waals surface area contributed by atoms with E-state index in [1.54, 1.807) is 30.5 Å². The maximum Gasteiger partial charge on any atom is 0.188 e. The van der Waals surface area contributed by atoms with Crippen molar-refractivity contribution < 1.29 is 9.60 Å². The van der Waals surface area contributed by atoms with Crippen molar-refractivity contribution in [2.75, 3.05) is 5.32 Å². The number of anilines is 1. The van der Waals surface area contributed by atoms with E-state index < -0.39 is 0 Å². The van der Waals surface area contributed by atoms with Crippen LogP contribution in [0.4, 0.5) is 10.1 Å². The van der Waals surface area contributed by atoms with Gasteiger partial charge in [0.25, 0.3) is 0 Å². The van der Waals surface area contributed by atoms with E-state index in [-0.39, 0.29) is 11.7 Å². The van der Waals surface area contributed by atoms with Gasteiger partial charge in [0.05, 0.1) is 5.69 Å². The van der Waals surface area contributed by atoms with Crippen LogP contribution in [0, 0.1) is 12.7 Å². The number of nitrogens with zero attached hydrogens (tertiary/aromatic N) is 2. The average Bonchev–Trinajstić information content (AvgIpc) is 2.47. The molecule has 0 unspecified atom stereocenters. The molecule has 1 heterocycles. The summed E-state index contributed by atoms with van der Waals surface area (Å²) in [5.74, 6) is -0.366. The van der Waals surface area contributed by atoms with Gasteiger partial charge in [0.15, 0.2) is 5.84 Å². The summed E-state index contributed by atoms with van der Waals surface area (Å²) in [7, 11) is 0. The summed E-state index contributed by atoms with van der Waals surface area (Å²) in [6.45, 7) is 2.31. The van der Waals surface area contributed by atoms with Gasteiger partial charge in [0.2, 0.25) is 0 Å². The zero-order valence-electron chi connectivity index (χ0n) is 11.0. The van der Waals surface area contributed by atoms with E-state index in [4.69, 9.17) is 10.9 Å². The standard InChI is InChI=1S/C14H15FN4O/c1-9-2-3-11(15)12(6-9)18-8-10-4-5-17-13(7-10)14(16)19-20/h2-7,18,20H,8H2,1H3,(H2,16,19). The number of rotatable bonds is 4. The second-order valence-corrected chi connectivity index (χ2v) is 4.37. The van der Waals surface area contributed by atoms with E-state index >= 15 is 0 Å². The van der Waals surface area contributed by atoms with Crippen molar-refractivity contribution >= 4 is 11.5 Å². The van der Waals surface area contributed by atoms with Gasteiger partial charge in [0.1, 0.15) is 11.5 Å². The van der Waals surface area contributed by atoms with Crippen molar-refractivity contribution in [2.24, 2.45) is 10.9 Å². The molecule has 5 nitrogen and oxygen atoms in total. The number of hydrogen-bond donors (Lipinski definition) is 3. The normalized spacial score (nSPS) is 11.4. The Kier molecular flexibility index (Phi) is 4.14. The van der Waals surface area contributed by atoms with E-state index in [1.165, 1.54) is 6.07 Å². The molecule has 0 amide bonds. The predicted octanol–water partition coefficient (Wildman–Crippen LogP) is 2.24. The Labute approximate surface area is 116 Å². The molecule has 6 heteroatoms. The van der Waals surface area contributed by atoms with Gasteiger partial charge < -0.3 is 16.3 Å². The van der Waals surface area contributed by atoms with Crippen LogP contribution < -0.4 is 11.1 Å². The van der Waals surface area contributed by atoms with E-state index in [1.807, 2.05) is 6.92 Å². The predicted molar refractivity (Wildman–Crippen MR) is 75.2 cm³/mol. The second kappa shape index (κ2) is 6.01. The van der Waals surface area contributed by atoms with Gasteiger partial charge in [-0.05, 0) is 42.3 Å². The maximum atomic E-state index is 13.6. The van der Waals surface area contributed by atoms with Crippen LogP contribution in [-0.4, -0.2) is 16.0 Å². The number of benzene rings is 1. The number of nitrogens with two attached hydrogens (primary N) is 1. The minimum absolute atomic E-state index is 0.0615. The monoisotopic (exact) mass is 274 g/mol. The second-order valence-electron chi connectivity index (χ2n) is 4.37. The first-order valence-electron chi connectivity index (χ1n) is 6.03. The molecule has 0 aliphatic rings. The van der Waals surface area contributed by atoms with Crippen LogP contribution in [0.3, 0.4) is 0 Å². The fourth-order valence-electron chi connectivity index (χ4n) is 1.75. The summed E-state index contributed by atoms with van der Waals surface area (Å²) in [6.07, 6.45) is 1.55. The number of halogens is 1. The first-order valence-corrected chi connectivity index (χ1v) is 6.03. The van der Waals surface area contributed by atoms with Crippen molar-refractivity contribution in [2.45, 2.75) is 13.5 Å². The molecular formula is C14H15FN4O. The Hall–Kier alpha value is -2.63. The van der Waals surface area contributed by atoms with E-state index in [9.17, 15) is 4.39 Å². The van der Waals surface area contributed by atoms with Crippen molar-refractivity contribution in [3.05, 3.63) is 59.2 Å². The van der Waals surface area contributed by atoms with Crippen LogP contribution in [0.25, 0.3) is 0 Å². The Morgan fingerprint density at radius 3 is 2.95 bits per heavy atom. The van der Waals surface area contributed by atoms with Gasteiger partial charge in [0, 0.05) is 12.7 Å². The van der Waals surface area contributed by atoms with E-state index in [0.29, 0.717) is 17.9 Å². The third-order valence-corrected chi connectivity index (χ3v) is 2.80. The molecule has 0 saturated heterocycles. The lowest BCUT2D eigenvalue weighted by atomic mass is 10.2. The molecular weight excluding hydrogens is 259 g/mol. The largest absolute Gasteiger partial charge is 0.409 e. The molecule has 1 aromatic carbocycles. The molecule has 2 rings (SSSR count). The minimum Gasteiger partial charge on any atom is -0.409 e. The Bertz CT molecular complexity index is 643. The van der Waals surface area contributed by atoms with Gasteiger partial charge in [-0.1, -0.05) is 11.2 Å². The van der Waals surface area contributed by atoms with Gasteiger partial charge in [-0.25, -0.2) is 4.39 Å². The van der Waals surface area contributed by atoms with E-state index in [2.05, 4.69) is 15.5 Å². The zero-order chi connectivity index (χ0) is 14.5. The number of aryl methyl sites for hydroxylation is 1. The lowest BCUT2D eigenvalue weighted by Gasteiger charge is -2.09. The summed E-state index contributed by atoms with van der Waals surface area (Å²) in [4.78, 5) is 3.98. The number of oxime groups is 1. The van der Waals surface area contributed by atoms with Gasteiger partial charge in [-0.2, -0.15) is 0 Å². The van der Waals surface area contributed by atoms with Crippen LogP contribution >= 0.6 is 0 Å². The summed E-state index contributed by atoms with van der Waals surface area (Å²) in [5.41, 5.74) is 8.10. The molecule has 0 bridgehead atoms. The van der Waals surface area contributed by atoms with Crippen LogP contribution in [0.2, 0.25) is 0 Å². The molecule has 20 heavy (non-hydrogen) atoms. The minimum atomic E-state index is -0.304. The number of pyridine rings is 1. The SMILES string of the molecule is Cc1ccc(F)c(NCc2ccnc(C(N)=NO)c2)c1. The molecule has 2 aromatic rings. The molecule has 0 aliphatic carbocycles. The summed E-state index contributed by atoms with van der Waals surface area (Å²) in [5, 5.41) is 14.5. The van der Waals surface area contributed by atoms with Crippen molar-refractivity contribution in [3.8, 4) is 0 Å². The van der Waals surface area contributed by atoms with Gasteiger partial charge in [-0.15, -0.1) is 0 Å². The van der Waals surface area contributed by atoms with Gasteiger partial charge in [-0.3, -0.25) is 4.98 Å². The Morgan fingerprint density at radius 1 is 1.40 bits per heavy atom. The Balaban J connectivity index is 2.13. The highest BCUT2D eigenvalue weighted by atomic mass is 19.1. The van der Waals surface area contributed by atoms with Gasteiger partial charge >= 0.3 is 0 Å². The number of hydrogen-bond acceptors (Lipinski definition) is 4. The van der Waals surface area contributed by atoms with Crippen LogP contribution in [0.15, 0.2) is 41.7 Å². The number of amidine groups is 1. The maximum absolute atomic E-state index is 13.6. The average molecular weight is 274 g/mol. The number of nitrogens with one attached hydrogen (secondary N) is 1.